The maximum absolute atomic E-state index is 12.2. The molecule has 0 bridgehead atoms. The Balaban J connectivity index is 2.08. The van der Waals surface area contributed by atoms with Crippen LogP contribution in [0.15, 0.2) is 30.3 Å². The molecule has 0 radical (unpaired) electrons. The second-order valence-corrected chi connectivity index (χ2v) is 9.64. The van der Waals surface area contributed by atoms with Crippen molar-refractivity contribution in [1.29, 1.82) is 0 Å². The van der Waals surface area contributed by atoms with E-state index in [-0.39, 0.29) is 30.0 Å². The summed E-state index contributed by atoms with van der Waals surface area (Å²) < 4.78 is 23.9. The molecule has 0 saturated carbocycles. The molecule has 0 spiro atoms. The van der Waals surface area contributed by atoms with Crippen LogP contribution in [-0.4, -0.2) is 37.2 Å². The summed E-state index contributed by atoms with van der Waals surface area (Å²) >= 11 is 0. The lowest BCUT2D eigenvalue weighted by Crippen LogP contribution is -2.47. The van der Waals surface area contributed by atoms with Gasteiger partial charge in [-0.2, -0.15) is 0 Å². The zero-order chi connectivity index (χ0) is 21.7. The van der Waals surface area contributed by atoms with Gasteiger partial charge >= 0.3 is 5.97 Å². The lowest BCUT2D eigenvalue weighted by molar-refractivity contribution is -0.288. The summed E-state index contributed by atoms with van der Waals surface area (Å²) in [4.78, 5) is 12.2. The molecule has 5 nitrogen and oxygen atoms in total. The molecule has 5 heteroatoms. The minimum atomic E-state index is -0.594. The van der Waals surface area contributed by atoms with Crippen LogP contribution in [0, 0.1) is 17.3 Å². The molecule has 0 aliphatic carbocycles. The molecule has 1 heterocycles. The van der Waals surface area contributed by atoms with Crippen molar-refractivity contribution in [3.05, 3.63) is 35.9 Å². The van der Waals surface area contributed by atoms with Crippen LogP contribution in [0.5, 0.6) is 0 Å². The molecular formula is C24H38O5. The number of carbonyl (C=O) groups excluding carboxylic acids is 1. The van der Waals surface area contributed by atoms with Gasteiger partial charge in [-0.05, 0) is 46.6 Å². The van der Waals surface area contributed by atoms with Gasteiger partial charge in [0.1, 0.15) is 0 Å². The largest absolute Gasteiger partial charge is 0.465 e. The first kappa shape index (κ1) is 23.8. The van der Waals surface area contributed by atoms with E-state index in [1.54, 1.807) is 0 Å². The van der Waals surface area contributed by atoms with Crippen molar-refractivity contribution < 1.29 is 23.7 Å². The fraction of sp³-hybridized carbons (Fsp3) is 0.708. The van der Waals surface area contributed by atoms with Gasteiger partial charge in [0.2, 0.25) is 0 Å². The smallest absolute Gasteiger partial charge is 0.311 e. The van der Waals surface area contributed by atoms with E-state index >= 15 is 0 Å². The summed E-state index contributed by atoms with van der Waals surface area (Å²) in [7, 11) is 0. The molecule has 1 aliphatic rings. The zero-order valence-corrected chi connectivity index (χ0v) is 19.1. The first-order chi connectivity index (χ1) is 13.5. The van der Waals surface area contributed by atoms with Gasteiger partial charge in [-0.25, -0.2) is 0 Å². The van der Waals surface area contributed by atoms with Gasteiger partial charge in [0.05, 0.1) is 37.4 Å². The Labute approximate surface area is 176 Å². The fourth-order valence-corrected chi connectivity index (χ4v) is 3.58. The number of esters is 1. The Bertz CT molecular complexity index is 634. The molecule has 164 valence electrons. The van der Waals surface area contributed by atoms with Gasteiger partial charge in [0.25, 0.3) is 0 Å². The predicted octanol–water partition coefficient (Wildman–Crippen LogP) is 4.97. The van der Waals surface area contributed by atoms with Gasteiger partial charge in [0.15, 0.2) is 5.79 Å². The second-order valence-electron chi connectivity index (χ2n) is 9.64. The van der Waals surface area contributed by atoms with Crippen LogP contribution in [-0.2, 0) is 30.3 Å². The molecule has 0 aromatic heterocycles. The Kier molecular flexibility index (Phi) is 8.27. The number of hydrogen-bond donors (Lipinski definition) is 0. The van der Waals surface area contributed by atoms with Crippen molar-refractivity contribution in [1.82, 2.24) is 0 Å². The molecule has 1 aliphatic heterocycles. The number of carbonyl (C=O) groups is 1. The van der Waals surface area contributed by atoms with Crippen LogP contribution < -0.4 is 0 Å². The van der Waals surface area contributed by atoms with Crippen LogP contribution in [0.3, 0.4) is 0 Å². The van der Waals surface area contributed by atoms with Gasteiger partial charge in [-0.1, -0.05) is 44.2 Å². The highest BCUT2D eigenvalue weighted by molar-refractivity contribution is 5.75. The van der Waals surface area contributed by atoms with Gasteiger partial charge in [0, 0.05) is 11.8 Å². The first-order valence-electron chi connectivity index (χ1n) is 10.6. The molecule has 1 saturated heterocycles. The van der Waals surface area contributed by atoms with Crippen molar-refractivity contribution in [3.63, 3.8) is 0 Å². The monoisotopic (exact) mass is 406 g/mol. The normalized spacial score (nSPS) is 22.5. The molecule has 29 heavy (non-hydrogen) atoms. The van der Waals surface area contributed by atoms with Gasteiger partial charge < -0.3 is 18.9 Å². The SMILES string of the molecule is C[C@H]([C@H](OCc1ccccc1)[C@H](C)COC(=O)C(C)(C)C)[C@H]1CCOC(C)(C)O1. The van der Waals surface area contributed by atoms with Crippen LogP contribution in [0.2, 0.25) is 0 Å². The first-order valence-corrected chi connectivity index (χ1v) is 10.6. The third-order valence-corrected chi connectivity index (χ3v) is 5.33. The van der Waals surface area contributed by atoms with Gasteiger partial charge in [-0.15, -0.1) is 0 Å². The number of rotatable bonds is 8. The van der Waals surface area contributed by atoms with E-state index in [1.165, 1.54) is 0 Å². The average molecular weight is 407 g/mol. The highest BCUT2D eigenvalue weighted by atomic mass is 16.7. The number of ether oxygens (including phenoxy) is 4. The van der Waals surface area contributed by atoms with Crippen LogP contribution in [0.25, 0.3) is 0 Å². The second kappa shape index (κ2) is 10.1. The molecule has 1 aromatic carbocycles. The maximum Gasteiger partial charge on any atom is 0.311 e. The van der Waals surface area contributed by atoms with Crippen molar-refractivity contribution >= 4 is 5.97 Å². The van der Waals surface area contributed by atoms with E-state index < -0.39 is 11.2 Å². The third kappa shape index (κ3) is 7.40. The fourth-order valence-electron chi connectivity index (χ4n) is 3.58. The summed E-state index contributed by atoms with van der Waals surface area (Å²) in [6.45, 7) is 15.2. The molecule has 2 rings (SSSR count). The number of hydrogen-bond acceptors (Lipinski definition) is 5. The maximum atomic E-state index is 12.2. The van der Waals surface area contributed by atoms with Crippen LogP contribution in [0.1, 0.15) is 60.5 Å². The molecule has 1 fully saturated rings. The summed E-state index contributed by atoms with van der Waals surface area (Å²) in [5.74, 6) is -0.620. The summed E-state index contributed by atoms with van der Waals surface area (Å²) in [6.07, 6.45) is 0.742. The number of benzene rings is 1. The summed E-state index contributed by atoms with van der Waals surface area (Å²) in [5, 5.41) is 0. The molecule has 4 atom stereocenters. The summed E-state index contributed by atoms with van der Waals surface area (Å²) in [6, 6.07) is 10.1. The Morgan fingerprint density at radius 2 is 1.86 bits per heavy atom. The average Bonchev–Trinajstić information content (AvgIpc) is 2.65. The molecule has 0 N–H and O–H groups in total. The quantitative estimate of drug-likeness (QED) is 0.570. The molecular weight excluding hydrogens is 368 g/mol. The predicted molar refractivity (Wildman–Crippen MR) is 113 cm³/mol. The lowest BCUT2D eigenvalue weighted by Gasteiger charge is -2.42. The zero-order valence-electron chi connectivity index (χ0n) is 19.1. The van der Waals surface area contributed by atoms with Crippen molar-refractivity contribution in [2.75, 3.05) is 13.2 Å². The van der Waals surface area contributed by atoms with Crippen LogP contribution in [0.4, 0.5) is 0 Å². The van der Waals surface area contributed by atoms with Gasteiger partial charge in [-0.3, -0.25) is 4.79 Å². The van der Waals surface area contributed by atoms with E-state index in [0.717, 1.165) is 12.0 Å². The van der Waals surface area contributed by atoms with Crippen molar-refractivity contribution in [3.8, 4) is 0 Å². The highest BCUT2D eigenvalue weighted by Crippen LogP contribution is 2.32. The molecule has 0 unspecified atom stereocenters. The van der Waals surface area contributed by atoms with Crippen molar-refractivity contribution in [2.45, 2.75) is 79.5 Å². The highest BCUT2D eigenvalue weighted by Gasteiger charge is 2.38. The third-order valence-electron chi connectivity index (χ3n) is 5.33. The van der Waals surface area contributed by atoms with Crippen LogP contribution >= 0.6 is 0 Å². The minimum absolute atomic E-state index is 0.0280. The topological polar surface area (TPSA) is 54.0 Å². The van der Waals surface area contributed by atoms with E-state index in [0.29, 0.717) is 19.8 Å². The minimum Gasteiger partial charge on any atom is -0.465 e. The standard InChI is InChI=1S/C24H38O5/c1-17(15-27-22(25)23(3,4)5)21(26-16-19-11-9-8-10-12-19)18(2)20-13-14-28-24(6,7)29-20/h8-12,17-18,20-21H,13-16H2,1-7H3/t17-,18+,20-,21-/m1/s1. The van der Waals surface area contributed by atoms with Crippen molar-refractivity contribution in [2.24, 2.45) is 17.3 Å². The van der Waals surface area contributed by atoms with E-state index in [9.17, 15) is 4.79 Å². The van der Waals surface area contributed by atoms with E-state index in [4.69, 9.17) is 18.9 Å². The lowest BCUT2D eigenvalue weighted by atomic mass is 9.87. The Hall–Kier alpha value is -1.43. The Morgan fingerprint density at radius 3 is 2.45 bits per heavy atom. The Morgan fingerprint density at radius 1 is 1.21 bits per heavy atom. The summed E-state index contributed by atoms with van der Waals surface area (Å²) in [5.41, 5.74) is 0.608. The van der Waals surface area contributed by atoms with E-state index in [2.05, 4.69) is 26.0 Å². The molecule has 1 aromatic rings. The van der Waals surface area contributed by atoms with E-state index in [1.807, 2.05) is 52.8 Å². The molecule has 0 amide bonds.